The van der Waals surface area contributed by atoms with Crippen molar-refractivity contribution in [2.75, 3.05) is 13.2 Å². The van der Waals surface area contributed by atoms with Gasteiger partial charge in [0.1, 0.15) is 29.9 Å². The number of hydrogen-bond donors (Lipinski definition) is 2. The predicted molar refractivity (Wildman–Crippen MR) is 146 cm³/mol. The summed E-state index contributed by atoms with van der Waals surface area (Å²) in [5, 5.41) is 14.0. The quantitative estimate of drug-likeness (QED) is 0.255. The topological polar surface area (TPSA) is 94.1 Å². The monoisotopic (exact) mass is 513 g/mol. The van der Waals surface area contributed by atoms with Crippen LogP contribution in [0.5, 0.6) is 17.2 Å². The van der Waals surface area contributed by atoms with Gasteiger partial charge in [0.15, 0.2) is 0 Å². The second-order valence-electron chi connectivity index (χ2n) is 8.75. The number of carbonyl (C=O) groups is 2. The Kier molecular flexibility index (Phi) is 8.82. The van der Waals surface area contributed by atoms with E-state index < -0.39 is 17.9 Å². The summed E-state index contributed by atoms with van der Waals surface area (Å²) in [6.07, 6.45) is 0.204. The summed E-state index contributed by atoms with van der Waals surface area (Å²) in [5.74, 6) is 0.633. The molecule has 0 aromatic heterocycles. The molecule has 4 aromatic rings. The van der Waals surface area contributed by atoms with Crippen molar-refractivity contribution in [2.45, 2.75) is 32.9 Å². The summed E-state index contributed by atoms with van der Waals surface area (Å²) < 4.78 is 17.3. The van der Waals surface area contributed by atoms with E-state index in [0.29, 0.717) is 31.1 Å². The molecule has 0 aliphatic carbocycles. The van der Waals surface area contributed by atoms with E-state index in [1.807, 2.05) is 86.6 Å². The van der Waals surface area contributed by atoms with Gasteiger partial charge in [0.2, 0.25) is 0 Å². The number of rotatable bonds is 12. The number of ether oxygens (including phenoxy) is 3. The number of hydrogen-bond acceptors (Lipinski definition) is 5. The van der Waals surface area contributed by atoms with E-state index in [9.17, 15) is 14.7 Å². The maximum Gasteiger partial charge on any atom is 0.326 e. The van der Waals surface area contributed by atoms with Crippen LogP contribution in [-0.4, -0.2) is 36.2 Å². The van der Waals surface area contributed by atoms with Crippen molar-refractivity contribution in [3.63, 3.8) is 0 Å². The second-order valence-corrected chi connectivity index (χ2v) is 8.75. The Morgan fingerprint density at radius 2 is 1.39 bits per heavy atom. The van der Waals surface area contributed by atoms with Crippen LogP contribution in [0.3, 0.4) is 0 Å². The van der Waals surface area contributed by atoms with Crippen molar-refractivity contribution in [1.29, 1.82) is 0 Å². The summed E-state index contributed by atoms with van der Waals surface area (Å²) in [5.41, 5.74) is 2.15. The van der Waals surface area contributed by atoms with E-state index in [2.05, 4.69) is 5.32 Å². The molecule has 2 N–H and O–H groups in total. The molecule has 0 saturated carbocycles. The van der Waals surface area contributed by atoms with Gasteiger partial charge in [-0.05, 0) is 72.1 Å². The van der Waals surface area contributed by atoms with E-state index in [0.717, 1.165) is 33.4 Å². The summed E-state index contributed by atoms with van der Waals surface area (Å²) in [6, 6.07) is 24.8. The highest BCUT2D eigenvalue weighted by molar-refractivity contribution is 6.00. The van der Waals surface area contributed by atoms with Crippen LogP contribution < -0.4 is 19.5 Å². The number of carbonyl (C=O) groups excluding carboxylic acids is 1. The van der Waals surface area contributed by atoms with Crippen LogP contribution >= 0.6 is 0 Å². The van der Waals surface area contributed by atoms with E-state index >= 15 is 0 Å². The molecule has 0 spiro atoms. The van der Waals surface area contributed by atoms with Crippen molar-refractivity contribution in [2.24, 2.45) is 0 Å². The lowest BCUT2D eigenvalue weighted by Gasteiger charge is -2.15. The third-order valence-electron chi connectivity index (χ3n) is 5.93. The number of nitrogens with one attached hydrogen (secondary N) is 1. The summed E-state index contributed by atoms with van der Waals surface area (Å²) >= 11 is 0. The number of carboxylic acids is 1. The van der Waals surface area contributed by atoms with E-state index in [4.69, 9.17) is 14.2 Å². The Labute approximate surface area is 222 Å². The van der Waals surface area contributed by atoms with Crippen molar-refractivity contribution < 1.29 is 28.9 Å². The Hall–Kier alpha value is -4.52. The standard InChI is InChI=1S/C31H31NO6/c1-3-36-27-14-22(15-28(19-27)37-4-2)20-38-26-13-12-23-17-25(11-10-24(23)18-26)30(33)32-29(31(34)35)16-21-8-6-5-7-9-21/h5-15,17-19,29H,3-4,16,20H2,1-2H3,(H,32,33)(H,34,35). The van der Waals surface area contributed by atoms with Crippen LogP contribution in [0, 0.1) is 0 Å². The lowest BCUT2D eigenvalue weighted by molar-refractivity contribution is -0.139. The first-order chi connectivity index (χ1) is 18.4. The van der Waals surface area contributed by atoms with Crippen molar-refractivity contribution in [3.8, 4) is 17.2 Å². The molecule has 0 aliphatic heterocycles. The Balaban J connectivity index is 1.44. The molecule has 0 aliphatic rings. The van der Waals surface area contributed by atoms with Crippen molar-refractivity contribution in [3.05, 3.63) is 102 Å². The molecular weight excluding hydrogens is 482 g/mol. The summed E-state index contributed by atoms with van der Waals surface area (Å²) in [4.78, 5) is 24.6. The van der Waals surface area contributed by atoms with Crippen LogP contribution in [0.1, 0.15) is 35.3 Å². The molecule has 7 nitrogen and oxygen atoms in total. The van der Waals surface area contributed by atoms with Gasteiger partial charge in [-0.25, -0.2) is 4.79 Å². The fourth-order valence-electron chi connectivity index (χ4n) is 4.13. The average Bonchev–Trinajstić information content (AvgIpc) is 2.92. The molecule has 4 aromatic carbocycles. The highest BCUT2D eigenvalue weighted by Crippen LogP contribution is 2.26. The number of carboxylic acid groups (broad SMARTS) is 1. The zero-order valence-corrected chi connectivity index (χ0v) is 21.5. The first-order valence-electron chi connectivity index (χ1n) is 12.6. The fourth-order valence-corrected chi connectivity index (χ4v) is 4.13. The highest BCUT2D eigenvalue weighted by Gasteiger charge is 2.21. The van der Waals surface area contributed by atoms with Gasteiger partial charge in [0, 0.05) is 18.1 Å². The van der Waals surface area contributed by atoms with Gasteiger partial charge < -0.3 is 24.6 Å². The minimum atomic E-state index is -1.08. The Bertz CT molecular complexity index is 1380. The molecule has 0 bridgehead atoms. The molecule has 4 rings (SSSR count). The maximum atomic E-state index is 12.8. The zero-order valence-electron chi connectivity index (χ0n) is 21.5. The Morgan fingerprint density at radius 3 is 2.05 bits per heavy atom. The molecule has 196 valence electrons. The van der Waals surface area contributed by atoms with Crippen LogP contribution in [0.4, 0.5) is 0 Å². The largest absolute Gasteiger partial charge is 0.494 e. The van der Waals surface area contributed by atoms with Crippen molar-refractivity contribution in [1.82, 2.24) is 5.32 Å². The van der Waals surface area contributed by atoms with E-state index in [-0.39, 0.29) is 6.42 Å². The third kappa shape index (κ3) is 7.03. The molecular formula is C31H31NO6. The van der Waals surface area contributed by atoms with Gasteiger partial charge in [-0.15, -0.1) is 0 Å². The lowest BCUT2D eigenvalue weighted by atomic mass is 10.0. The second kappa shape index (κ2) is 12.6. The molecule has 0 saturated heterocycles. The molecule has 0 fully saturated rings. The summed E-state index contributed by atoms with van der Waals surface area (Å²) in [6.45, 7) is 5.33. The van der Waals surface area contributed by atoms with Crippen molar-refractivity contribution >= 4 is 22.6 Å². The van der Waals surface area contributed by atoms with Gasteiger partial charge >= 0.3 is 5.97 Å². The number of aliphatic carboxylic acids is 1. The fraction of sp³-hybridized carbons (Fsp3) is 0.226. The third-order valence-corrected chi connectivity index (χ3v) is 5.93. The summed E-state index contributed by atoms with van der Waals surface area (Å²) in [7, 11) is 0. The molecule has 7 heteroatoms. The van der Waals surface area contributed by atoms with Gasteiger partial charge in [0.25, 0.3) is 5.91 Å². The minimum Gasteiger partial charge on any atom is -0.494 e. The highest BCUT2D eigenvalue weighted by atomic mass is 16.5. The smallest absolute Gasteiger partial charge is 0.326 e. The molecule has 0 heterocycles. The molecule has 38 heavy (non-hydrogen) atoms. The predicted octanol–water partition coefficient (Wildman–Crippen LogP) is 5.64. The average molecular weight is 514 g/mol. The number of fused-ring (bicyclic) bond motifs is 1. The van der Waals surface area contributed by atoms with E-state index in [1.54, 1.807) is 12.1 Å². The molecule has 0 radical (unpaired) electrons. The maximum absolute atomic E-state index is 12.8. The first kappa shape index (κ1) is 26.5. The van der Waals surface area contributed by atoms with Crippen LogP contribution in [-0.2, 0) is 17.8 Å². The zero-order chi connectivity index (χ0) is 26.9. The SMILES string of the molecule is CCOc1cc(COc2ccc3cc(C(=O)NC(Cc4ccccc4)C(=O)O)ccc3c2)cc(OCC)c1. The van der Waals surface area contributed by atoms with Gasteiger partial charge in [0.05, 0.1) is 13.2 Å². The normalized spacial score (nSPS) is 11.5. The number of benzene rings is 4. The molecule has 1 unspecified atom stereocenters. The van der Waals surface area contributed by atoms with Crippen LogP contribution in [0.25, 0.3) is 10.8 Å². The van der Waals surface area contributed by atoms with Gasteiger partial charge in [-0.2, -0.15) is 0 Å². The Morgan fingerprint density at radius 1 is 0.737 bits per heavy atom. The van der Waals surface area contributed by atoms with Gasteiger partial charge in [-0.3, -0.25) is 4.79 Å². The van der Waals surface area contributed by atoms with E-state index in [1.165, 1.54) is 0 Å². The van der Waals surface area contributed by atoms with Crippen LogP contribution in [0.15, 0.2) is 84.9 Å². The first-order valence-corrected chi connectivity index (χ1v) is 12.6. The molecule has 1 amide bonds. The lowest BCUT2D eigenvalue weighted by Crippen LogP contribution is -2.42. The minimum absolute atomic E-state index is 0.204. The van der Waals surface area contributed by atoms with Gasteiger partial charge in [-0.1, -0.05) is 42.5 Å². The number of amides is 1. The van der Waals surface area contributed by atoms with Crippen LogP contribution in [0.2, 0.25) is 0 Å². The molecule has 1 atom stereocenters.